The number of ether oxygens (including phenoxy) is 1. The van der Waals surface area contributed by atoms with Crippen LogP contribution in [-0.2, 0) is 0 Å². The highest BCUT2D eigenvalue weighted by atomic mass is 19.4. The highest BCUT2D eigenvalue weighted by molar-refractivity contribution is 6.15. The van der Waals surface area contributed by atoms with Crippen molar-refractivity contribution >= 4 is 11.8 Å². The fourth-order valence-electron chi connectivity index (χ4n) is 3.52. The van der Waals surface area contributed by atoms with E-state index in [2.05, 4.69) is 14.7 Å². The normalized spacial score (nSPS) is 15.6. The molecule has 0 atom stereocenters. The van der Waals surface area contributed by atoms with Crippen LogP contribution in [-0.4, -0.2) is 23.6 Å². The average Bonchev–Trinajstić information content (AvgIpc) is 2.74. The van der Waals surface area contributed by atoms with E-state index in [-0.39, 0.29) is 5.56 Å². The van der Waals surface area contributed by atoms with Crippen molar-refractivity contribution in [3.8, 4) is 16.9 Å². The van der Waals surface area contributed by atoms with E-state index < -0.39 is 17.9 Å². The molecule has 0 N–H and O–H groups in total. The molecule has 0 bridgehead atoms. The molecule has 2 heterocycles. The molecule has 31 heavy (non-hydrogen) atoms. The lowest BCUT2D eigenvalue weighted by Gasteiger charge is -2.16. The van der Waals surface area contributed by atoms with Crippen LogP contribution in [0.2, 0.25) is 0 Å². The maximum atomic E-state index is 14.8. The van der Waals surface area contributed by atoms with Crippen molar-refractivity contribution in [3.05, 3.63) is 89.5 Å². The standard InChI is InChI=1S/C24H18F4N2O/c25-22-13-16(12-18-5-3-11-30-23(18)19-6-2-10-29-15-19)8-9-21(22)17-4-1-7-20(14-17)31-24(26,27)28/h1-2,4,6-10,12-15H,3,5,11H2. The first-order valence-corrected chi connectivity index (χ1v) is 9.70. The van der Waals surface area contributed by atoms with E-state index in [1.54, 1.807) is 24.5 Å². The molecule has 158 valence electrons. The molecule has 0 fully saturated rings. The smallest absolute Gasteiger partial charge is 0.406 e. The summed E-state index contributed by atoms with van der Waals surface area (Å²) in [5, 5.41) is 0. The van der Waals surface area contributed by atoms with Gasteiger partial charge in [0.25, 0.3) is 0 Å². The number of rotatable bonds is 4. The summed E-state index contributed by atoms with van der Waals surface area (Å²) in [7, 11) is 0. The van der Waals surface area contributed by atoms with E-state index in [1.165, 1.54) is 30.3 Å². The van der Waals surface area contributed by atoms with Crippen molar-refractivity contribution in [3.63, 3.8) is 0 Å². The molecule has 1 aliphatic rings. The summed E-state index contributed by atoms with van der Waals surface area (Å²) in [6.07, 6.45) is 2.24. The van der Waals surface area contributed by atoms with Crippen molar-refractivity contribution in [2.45, 2.75) is 19.2 Å². The molecule has 1 aromatic heterocycles. The maximum absolute atomic E-state index is 14.8. The second kappa shape index (κ2) is 8.71. The lowest BCUT2D eigenvalue weighted by Crippen LogP contribution is -2.17. The first kappa shape index (κ1) is 20.8. The lowest BCUT2D eigenvalue weighted by atomic mass is 9.94. The molecule has 1 aliphatic heterocycles. The van der Waals surface area contributed by atoms with Gasteiger partial charge in [-0.25, -0.2) is 4.39 Å². The van der Waals surface area contributed by atoms with Crippen LogP contribution in [0.25, 0.3) is 17.2 Å². The minimum Gasteiger partial charge on any atom is -0.406 e. The Morgan fingerprint density at radius 3 is 2.55 bits per heavy atom. The number of alkyl halides is 3. The van der Waals surface area contributed by atoms with E-state index in [4.69, 9.17) is 0 Å². The zero-order chi connectivity index (χ0) is 21.8. The van der Waals surface area contributed by atoms with Gasteiger partial charge < -0.3 is 4.74 Å². The number of hydrogen-bond acceptors (Lipinski definition) is 3. The lowest BCUT2D eigenvalue weighted by molar-refractivity contribution is -0.274. The quantitative estimate of drug-likeness (QED) is 0.449. The van der Waals surface area contributed by atoms with Crippen LogP contribution in [0.15, 0.2) is 77.6 Å². The van der Waals surface area contributed by atoms with Crippen LogP contribution in [0.5, 0.6) is 5.75 Å². The van der Waals surface area contributed by atoms with E-state index in [0.29, 0.717) is 11.1 Å². The van der Waals surface area contributed by atoms with Crippen molar-refractivity contribution in [2.24, 2.45) is 4.99 Å². The summed E-state index contributed by atoms with van der Waals surface area (Å²) in [4.78, 5) is 8.75. The van der Waals surface area contributed by atoms with Gasteiger partial charge in [0.15, 0.2) is 0 Å². The second-order valence-electron chi connectivity index (χ2n) is 7.06. The summed E-state index contributed by atoms with van der Waals surface area (Å²) in [6.45, 7) is 0.727. The Balaban J connectivity index is 1.63. The maximum Gasteiger partial charge on any atom is 0.573 e. The molecule has 0 saturated carbocycles. The molecule has 0 spiro atoms. The first-order valence-electron chi connectivity index (χ1n) is 9.70. The second-order valence-corrected chi connectivity index (χ2v) is 7.06. The van der Waals surface area contributed by atoms with Gasteiger partial charge in [0.1, 0.15) is 11.6 Å². The monoisotopic (exact) mass is 426 g/mol. The molecule has 2 aromatic carbocycles. The van der Waals surface area contributed by atoms with Crippen LogP contribution < -0.4 is 4.74 Å². The molecule has 0 radical (unpaired) electrons. The molecular weight excluding hydrogens is 408 g/mol. The Bertz CT molecular complexity index is 1140. The third-order valence-corrected chi connectivity index (χ3v) is 4.83. The topological polar surface area (TPSA) is 34.5 Å². The van der Waals surface area contributed by atoms with Gasteiger partial charge in [0.2, 0.25) is 0 Å². The van der Waals surface area contributed by atoms with Crippen LogP contribution in [0.3, 0.4) is 0 Å². The van der Waals surface area contributed by atoms with E-state index in [1.807, 2.05) is 18.2 Å². The van der Waals surface area contributed by atoms with Crippen LogP contribution in [0.1, 0.15) is 24.0 Å². The van der Waals surface area contributed by atoms with E-state index in [0.717, 1.165) is 36.2 Å². The van der Waals surface area contributed by atoms with Crippen molar-refractivity contribution in [1.82, 2.24) is 4.98 Å². The van der Waals surface area contributed by atoms with Gasteiger partial charge in [-0.3, -0.25) is 9.98 Å². The summed E-state index contributed by atoms with van der Waals surface area (Å²) in [5.41, 5.74) is 3.89. The Kier molecular flexibility index (Phi) is 5.84. The molecule has 3 aromatic rings. The highest BCUT2D eigenvalue weighted by Gasteiger charge is 2.31. The fourth-order valence-corrected chi connectivity index (χ4v) is 3.52. The molecule has 0 amide bonds. The van der Waals surface area contributed by atoms with Gasteiger partial charge >= 0.3 is 6.36 Å². The Morgan fingerprint density at radius 2 is 1.81 bits per heavy atom. The summed E-state index contributed by atoms with van der Waals surface area (Å²) >= 11 is 0. The Labute approximate surface area is 176 Å². The van der Waals surface area contributed by atoms with Crippen LogP contribution >= 0.6 is 0 Å². The molecule has 7 heteroatoms. The number of aliphatic imine (C=N–C) groups is 1. The predicted octanol–water partition coefficient (Wildman–Crippen LogP) is 6.45. The largest absolute Gasteiger partial charge is 0.573 e. The highest BCUT2D eigenvalue weighted by Crippen LogP contribution is 2.30. The van der Waals surface area contributed by atoms with Gasteiger partial charge in [0, 0.05) is 30.1 Å². The Hall–Kier alpha value is -3.48. The van der Waals surface area contributed by atoms with Crippen LogP contribution in [0.4, 0.5) is 17.6 Å². The minimum atomic E-state index is -4.80. The number of aromatic nitrogens is 1. The van der Waals surface area contributed by atoms with Gasteiger partial charge in [-0.2, -0.15) is 0 Å². The average molecular weight is 426 g/mol. The molecule has 0 unspecified atom stereocenters. The minimum absolute atomic E-state index is 0.194. The summed E-state index contributed by atoms with van der Waals surface area (Å²) in [5.74, 6) is -0.927. The number of benzene rings is 2. The van der Waals surface area contributed by atoms with Crippen molar-refractivity contribution in [1.29, 1.82) is 0 Å². The zero-order valence-corrected chi connectivity index (χ0v) is 16.4. The zero-order valence-electron chi connectivity index (χ0n) is 16.4. The van der Waals surface area contributed by atoms with E-state index in [9.17, 15) is 17.6 Å². The molecule has 0 saturated heterocycles. The molecule has 0 aliphatic carbocycles. The van der Waals surface area contributed by atoms with Gasteiger partial charge in [-0.15, -0.1) is 13.2 Å². The molecule has 3 nitrogen and oxygen atoms in total. The molecular formula is C24H18F4N2O. The Morgan fingerprint density at radius 1 is 0.968 bits per heavy atom. The van der Waals surface area contributed by atoms with Gasteiger partial charge in [0.05, 0.1) is 5.71 Å². The van der Waals surface area contributed by atoms with Crippen molar-refractivity contribution in [2.75, 3.05) is 6.54 Å². The van der Waals surface area contributed by atoms with Gasteiger partial charge in [-0.1, -0.05) is 24.3 Å². The number of pyridine rings is 1. The van der Waals surface area contributed by atoms with Gasteiger partial charge in [-0.05, 0) is 65.9 Å². The summed E-state index contributed by atoms with van der Waals surface area (Å²) in [6, 6.07) is 13.7. The van der Waals surface area contributed by atoms with E-state index >= 15 is 0 Å². The third-order valence-electron chi connectivity index (χ3n) is 4.83. The molecule has 4 rings (SSSR count). The summed E-state index contributed by atoms with van der Waals surface area (Å²) < 4.78 is 56.2. The fraction of sp³-hybridized carbons (Fsp3) is 0.167. The number of nitrogens with zero attached hydrogens (tertiary/aromatic N) is 2. The van der Waals surface area contributed by atoms with Crippen LogP contribution in [0, 0.1) is 5.82 Å². The number of halogens is 4. The predicted molar refractivity (Wildman–Crippen MR) is 111 cm³/mol. The third kappa shape index (κ3) is 5.17. The van der Waals surface area contributed by atoms with Crippen molar-refractivity contribution < 1.29 is 22.3 Å². The number of hydrogen-bond donors (Lipinski definition) is 0. The number of allylic oxidation sites excluding steroid dienone is 1. The first-order chi connectivity index (χ1) is 14.9. The SMILES string of the molecule is Fc1cc(C=C2CCCN=C2c2cccnc2)ccc1-c1cccc(OC(F)(F)F)c1.